The monoisotopic (exact) mass is 304 g/mol. The maximum absolute atomic E-state index is 11.1. The number of hydrogen-bond acceptors (Lipinski definition) is 4. The molecule has 0 spiro atoms. The molecule has 0 aromatic heterocycles. The van der Waals surface area contributed by atoms with Crippen LogP contribution in [-0.4, -0.2) is 45.5 Å². The summed E-state index contributed by atoms with van der Waals surface area (Å²) in [7, 11) is -1.02. The number of benzene rings is 1. The molecule has 0 heterocycles. The fourth-order valence-electron chi connectivity index (χ4n) is 1.72. The summed E-state index contributed by atoms with van der Waals surface area (Å²) in [4.78, 5) is 1.97. The summed E-state index contributed by atoms with van der Waals surface area (Å²) in [5.74, 6) is 0.171. The highest BCUT2D eigenvalue weighted by atomic mass is 35.5. The Morgan fingerprint density at radius 1 is 1.32 bits per heavy atom. The van der Waals surface area contributed by atoms with Gasteiger partial charge in [-0.2, -0.15) is 0 Å². The van der Waals surface area contributed by atoms with Crippen LogP contribution >= 0.6 is 11.6 Å². The van der Waals surface area contributed by atoms with Crippen LogP contribution in [0.3, 0.4) is 0 Å². The van der Waals surface area contributed by atoms with E-state index in [1.807, 2.05) is 36.2 Å². The quantitative estimate of drug-likeness (QED) is 0.833. The first-order chi connectivity index (χ1) is 8.79. The maximum Gasteiger partial charge on any atom is 0.148 e. The predicted molar refractivity (Wildman–Crippen MR) is 80.2 cm³/mol. The minimum absolute atomic E-state index is 0.130. The Morgan fingerprint density at radius 3 is 2.53 bits per heavy atom. The van der Waals surface area contributed by atoms with E-state index >= 15 is 0 Å². The second kappa shape index (κ2) is 7.24. The van der Waals surface area contributed by atoms with Crippen LogP contribution in [0.5, 0.6) is 0 Å². The van der Waals surface area contributed by atoms with Gasteiger partial charge in [-0.15, -0.1) is 0 Å². The van der Waals surface area contributed by atoms with Gasteiger partial charge in [-0.05, 0) is 31.6 Å². The normalized spacial score (nSPS) is 13.7. The van der Waals surface area contributed by atoms with Crippen molar-refractivity contribution in [1.82, 2.24) is 4.90 Å². The molecule has 108 valence electrons. The lowest BCUT2D eigenvalue weighted by atomic mass is 10.0. The van der Waals surface area contributed by atoms with Gasteiger partial charge in [0.15, 0.2) is 0 Å². The predicted octanol–water partition coefficient (Wildman–Crippen LogP) is 1.71. The van der Waals surface area contributed by atoms with Crippen molar-refractivity contribution in [1.29, 1.82) is 0 Å². The standard InChI is InChI=1S/C13H21ClN2O2S/c1-16(9-10-19(2,17)18)8-7-13(15)11-5-3-4-6-12(11)14/h3-6,13H,7-10,15H2,1-2H3. The van der Waals surface area contributed by atoms with Crippen LogP contribution in [0.15, 0.2) is 24.3 Å². The van der Waals surface area contributed by atoms with Crippen LogP contribution < -0.4 is 5.73 Å². The minimum Gasteiger partial charge on any atom is -0.324 e. The van der Waals surface area contributed by atoms with Crippen molar-refractivity contribution in [2.45, 2.75) is 12.5 Å². The van der Waals surface area contributed by atoms with Crippen molar-refractivity contribution in [3.8, 4) is 0 Å². The van der Waals surface area contributed by atoms with Crippen LogP contribution in [0.1, 0.15) is 18.0 Å². The number of rotatable bonds is 7. The van der Waals surface area contributed by atoms with Gasteiger partial charge in [0, 0.05) is 23.9 Å². The molecule has 0 saturated heterocycles. The molecule has 0 aliphatic rings. The molecule has 0 bridgehead atoms. The molecule has 0 fully saturated rings. The Bertz CT molecular complexity index is 505. The van der Waals surface area contributed by atoms with Gasteiger partial charge in [0.1, 0.15) is 9.84 Å². The maximum atomic E-state index is 11.1. The van der Waals surface area contributed by atoms with Crippen LogP contribution in [0, 0.1) is 0 Å². The average Bonchev–Trinajstić information content (AvgIpc) is 2.33. The Labute approximate surface area is 120 Å². The van der Waals surface area contributed by atoms with Gasteiger partial charge >= 0.3 is 0 Å². The number of halogens is 1. The summed E-state index contributed by atoms with van der Waals surface area (Å²) in [6, 6.07) is 7.40. The van der Waals surface area contributed by atoms with E-state index in [4.69, 9.17) is 17.3 Å². The topological polar surface area (TPSA) is 63.4 Å². The van der Waals surface area contributed by atoms with E-state index in [0.717, 1.165) is 18.5 Å². The molecule has 1 aromatic rings. The smallest absolute Gasteiger partial charge is 0.148 e. The van der Waals surface area contributed by atoms with Gasteiger partial charge < -0.3 is 10.6 Å². The van der Waals surface area contributed by atoms with Crippen molar-refractivity contribution in [2.24, 2.45) is 5.73 Å². The first-order valence-electron chi connectivity index (χ1n) is 6.16. The van der Waals surface area contributed by atoms with Gasteiger partial charge in [0.05, 0.1) is 5.75 Å². The van der Waals surface area contributed by atoms with E-state index in [1.165, 1.54) is 6.26 Å². The molecular formula is C13H21ClN2O2S. The zero-order chi connectivity index (χ0) is 14.5. The third-order valence-electron chi connectivity index (χ3n) is 2.97. The van der Waals surface area contributed by atoms with Gasteiger partial charge in [0.25, 0.3) is 0 Å². The van der Waals surface area contributed by atoms with Gasteiger partial charge in [-0.1, -0.05) is 29.8 Å². The molecule has 1 rings (SSSR count). The highest BCUT2D eigenvalue weighted by Gasteiger charge is 2.11. The molecule has 6 heteroatoms. The molecule has 0 radical (unpaired) electrons. The number of sulfone groups is 1. The van der Waals surface area contributed by atoms with Gasteiger partial charge in [0.2, 0.25) is 0 Å². The molecular weight excluding hydrogens is 284 g/mol. The zero-order valence-electron chi connectivity index (χ0n) is 11.3. The summed E-state index contributed by atoms with van der Waals surface area (Å²) >= 11 is 6.08. The van der Waals surface area contributed by atoms with Crippen LogP contribution in [0.2, 0.25) is 5.02 Å². The van der Waals surface area contributed by atoms with Crippen LogP contribution in [0.4, 0.5) is 0 Å². The molecule has 0 saturated carbocycles. The van der Waals surface area contributed by atoms with Crippen molar-refractivity contribution < 1.29 is 8.42 Å². The lowest BCUT2D eigenvalue weighted by Crippen LogP contribution is -2.28. The van der Waals surface area contributed by atoms with Crippen LogP contribution in [0.25, 0.3) is 0 Å². The molecule has 0 aliphatic carbocycles. The third-order valence-corrected chi connectivity index (χ3v) is 4.24. The first kappa shape index (κ1) is 16.4. The summed E-state index contributed by atoms with van der Waals surface area (Å²) in [6.45, 7) is 1.26. The van der Waals surface area contributed by atoms with E-state index in [-0.39, 0.29) is 11.8 Å². The van der Waals surface area contributed by atoms with Crippen molar-refractivity contribution in [3.63, 3.8) is 0 Å². The molecule has 1 aromatic carbocycles. The fourth-order valence-corrected chi connectivity index (χ4v) is 2.64. The molecule has 1 unspecified atom stereocenters. The number of nitrogens with two attached hydrogens (primary N) is 1. The Morgan fingerprint density at radius 2 is 1.95 bits per heavy atom. The lowest BCUT2D eigenvalue weighted by molar-refractivity contribution is 0.335. The molecule has 0 amide bonds. The zero-order valence-corrected chi connectivity index (χ0v) is 12.9. The average molecular weight is 305 g/mol. The SMILES string of the molecule is CN(CCC(N)c1ccccc1Cl)CCS(C)(=O)=O. The van der Waals surface area contributed by atoms with E-state index < -0.39 is 9.84 Å². The second-order valence-corrected chi connectivity index (χ2v) is 7.52. The minimum atomic E-state index is -2.91. The largest absolute Gasteiger partial charge is 0.324 e. The highest BCUT2D eigenvalue weighted by molar-refractivity contribution is 7.90. The Hall–Kier alpha value is -0.620. The Kier molecular flexibility index (Phi) is 6.26. The van der Waals surface area contributed by atoms with E-state index in [2.05, 4.69) is 0 Å². The number of nitrogens with zero attached hydrogens (tertiary/aromatic N) is 1. The Balaban J connectivity index is 2.42. The molecule has 4 nitrogen and oxygen atoms in total. The first-order valence-corrected chi connectivity index (χ1v) is 8.59. The molecule has 1 atom stereocenters. The molecule has 2 N–H and O–H groups in total. The summed E-state index contributed by atoms with van der Waals surface area (Å²) in [5.41, 5.74) is 7.03. The summed E-state index contributed by atoms with van der Waals surface area (Å²) in [6.07, 6.45) is 1.99. The van der Waals surface area contributed by atoms with Crippen molar-refractivity contribution >= 4 is 21.4 Å². The van der Waals surface area contributed by atoms with Crippen LogP contribution in [-0.2, 0) is 9.84 Å². The molecule has 19 heavy (non-hydrogen) atoms. The van der Waals surface area contributed by atoms with E-state index in [9.17, 15) is 8.42 Å². The third kappa shape index (κ3) is 6.38. The fraction of sp³-hybridized carbons (Fsp3) is 0.538. The summed E-state index contributed by atoms with van der Waals surface area (Å²) in [5, 5.41) is 0.675. The molecule has 0 aliphatic heterocycles. The lowest BCUT2D eigenvalue weighted by Gasteiger charge is -2.19. The highest BCUT2D eigenvalue weighted by Crippen LogP contribution is 2.23. The van der Waals surface area contributed by atoms with Crippen molar-refractivity contribution in [3.05, 3.63) is 34.9 Å². The van der Waals surface area contributed by atoms with E-state index in [0.29, 0.717) is 11.6 Å². The van der Waals surface area contributed by atoms with Gasteiger partial charge in [-0.25, -0.2) is 8.42 Å². The number of hydrogen-bond donors (Lipinski definition) is 1. The summed E-state index contributed by atoms with van der Waals surface area (Å²) < 4.78 is 22.1. The van der Waals surface area contributed by atoms with E-state index in [1.54, 1.807) is 0 Å². The van der Waals surface area contributed by atoms with Gasteiger partial charge in [-0.3, -0.25) is 0 Å². The second-order valence-electron chi connectivity index (χ2n) is 4.85. The van der Waals surface area contributed by atoms with Crippen molar-refractivity contribution in [2.75, 3.05) is 32.1 Å².